The maximum absolute atomic E-state index is 12.7. The van der Waals surface area contributed by atoms with Crippen molar-refractivity contribution in [1.82, 2.24) is 5.32 Å². The molecule has 7 heteroatoms. The third kappa shape index (κ3) is 4.09. The number of hydrogen-bond donors (Lipinski definition) is 2. The number of amides is 3. The van der Waals surface area contributed by atoms with Gasteiger partial charge in [-0.3, -0.25) is 14.9 Å². The van der Waals surface area contributed by atoms with Gasteiger partial charge in [0.25, 0.3) is 5.91 Å². The van der Waals surface area contributed by atoms with Crippen LogP contribution in [0.3, 0.4) is 0 Å². The fraction of sp³-hybridized carbons (Fsp3) is 0.381. The Kier molecular flexibility index (Phi) is 5.84. The first-order valence-corrected chi connectivity index (χ1v) is 10.0. The van der Waals surface area contributed by atoms with Crippen LogP contribution in [0.4, 0.5) is 9.80 Å². The highest BCUT2D eigenvalue weighted by Crippen LogP contribution is 2.39. The lowest BCUT2D eigenvalue weighted by Gasteiger charge is -2.12. The zero-order valence-corrected chi connectivity index (χ0v) is 17.3. The molecule has 2 aromatic rings. The zero-order valence-electron chi connectivity index (χ0n) is 16.5. The monoisotopic (exact) mass is 400 g/mol. The molecule has 1 aromatic carbocycles. The highest BCUT2D eigenvalue weighted by Gasteiger charge is 2.28. The second-order valence-corrected chi connectivity index (χ2v) is 8.21. The summed E-state index contributed by atoms with van der Waals surface area (Å²) < 4.78 is 4.52. The number of aryl methyl sites for hydroxylation is 4. The van der Waals surface area contributed by atoms with Crippen molar-refractivity contribution in [3.05, 3.63) is 50.4 Å². The molecular weight excluding hydrogens is 376 g/mol. The van der Waals surface area contributed by atoms with E-state index in [-0.39, 0.29) is 12.3 Å². The zero-order chi connectivity index (χ0) is 20.4. The Labute approximate surface area is 168 Å². The molecule has 1 aromatic heterocycles. The van der Waals surface area contributed by atoms with E-state index in [1.165, 1.54) is 18.4 Å². The molecule has 0 unspecified atom stereocenters. The van der Waals surface area contributed by atoms with Gasteiger partial charge in [0.1, 0.15) is 5.00 Å². The molecule has 0 bridgehead atoms. The molecule has 3 amide bonds. The molecule has 0 fully saturated rings. The minimum absolute atomic E-state index is 0.179. The second kappa shape index (κ2) is 8.14. The van der Waals surface area contributed by atoms with E-state index in [9.17, 15) is 14.4 Å². The third-order valence-electron chi connectivity index (χ3n) is 4.98. The molecule has 0 radical (unpaired) electrons. The smallest absolute Gasteiger partial charge is 0.413 e. The van der Waals surface area contributed by atoms with Crippen LogP contribution >= 0.6 is 11.3 Å². The fourth-order valence-electron chi connectivity index (χ4n) is 3.76. The van der Waals surface area contributed by atoms with Crippen LogP contribution in [0.2, 0.25) is 0 Å². The topological polar surface area (TPSA) is 84.5 Å². The largest absolute Gasteiger partial charge is 0.453 e. The van der Waals surface area contributed by atoms with Crippen LogP contribution in [0.25, 0.3) is 0 Å². The van der Waals surface area contributed by atoms with Crippen LogP contribution in [0.15, 0.2) is 12.1 Å². The number of nitrogens with one attached hydrogen (secondary N) is 2. The fourth-order valence-corrected chi connectivity index (χ4v) is 5.06. The van der Waals surface area contributed by atoms with E-state index in [0.29, 0.717) is 10.6 Å². The maximum Gasteiger partial charge on any atom is 0.413 e. The van der Waals surface area contributed by atoms with E-state index < -0.39 is 12.0 Å². The van der Waals surface area contributed by atoms with Crippen molar-refractivity contribution in [2.45, 2.75) is 46.5 Å². The number of hydrogen-bond acceptors (Lipinski definition) is 5. The summed E-state index contributed by atoms with van der Waals surface area (Å²) in [6.45, 7) is 6.03. The standard InChI is InChI=1S/C21H24N2O4S/c1-11-8-12(2)15(13(3)9-11)10-17(24)22-20-18(19(25)23-21(26)27-4)14-6-5-7-16(14)28-20/h8-9H,5-7,10H2,1-4H3,(H,22,24)(H,23,25,26). The molecule has 6 nitrogen and oxygen atoms in total. The molecule has 0 atom stereocenters. The van der Waals surface area contributed by atoms with Crippen LogP contribution in [-0.2, 0) is 28.8 Å². The van der Waals surface area contributed by atoms with E-state index in [1.807, 2.05) is 20.8 Å². The first-order chi connectivity index (χ1) is 13.3. The summed E-state index contributed by atoms with van der Waals surface area (Å²) in [5.74, 6) is -0.716. The summed E-state index contributed by atoms with van der Waals surface area (Å²) in [5.41, 5.74) is 5.61. The number of imide groups is 1. The third-order valence-corrected chi connectivity index (χ3v) is 6.19. The summed E-state index contributed by atoms with van der Waals surface area (Å²) in [4.78, 5) is 37.9. The van der Waals surface area contributed by atoms with Crippen molar-refractivity contribution >= 4 is 34.2 Å². The quantitative estimate of drug-likeness (QED) is 0.817. The highest BCUT2D eigenvalue weighted by molar-refractivity contribution is 7.17. The molecule has 0 saturated carbocycles. The predicted octanol–water partition coefficient (Wildman–Crippen LogP) is 3.84. The maximum atomic E-state index is 12.7. The number of carbonyl (C=O) groups is 3. The average Bonchev–Trinajstić information content (AvgIpc) is 3.18. The van der Waals surface area contributed by atoms with E-state index in [1.54, 1.807) is 0 Å². The van der Waals surface area contributed by atoms with Gasteiger partial charge in [-0.2, -0.15) is 0 Å². The molecule has 0 spiro atoms. The summed E-state index contributed by atoms with van der Waals surface area (Å²) >= 11 is 1.42. The van der Waals surface area contributed by atoms with Crippen molar-refractivity contribution < 1.29 is 19.1 Å². The molecule has 148 valence electrons. The number of ether oxygens (including phenoxy) is 1. The number of rotatable bonds is 4. The van der Waals surface area contributed by atoms with Crippen LogP contribution in [0.1, 0.15) is 49.5 Å². The average molecular weight is 401 g/mol. The van der Waals surface area contributed by atoms with Gasteiger partial charge in [0.05, 0.1) is 19.1 Å². The van der Waals surface area contributed by atoms with E-state index in [0.717, 1.165) is 52.0 Å². The lowest BCUT2D eigenvalue weighted by Crippen LogP contribution is -2.31. The molecule has 1 aliphatic carbocycles. The molecule has 2 N–H and O–H groups in total. The predicted molar refractivity (Wildman–Crippen MR) is 109 cm³/mol. The van der Waals surface area contributed by atoms with Gasteiger partial charge in [0.15, 0.2) is 0 Å². The van der Waals surface area contributed by atoms with Crippen molar-refractivity contribution in [1.29, 1.82) is 0 Å². The Bertz CT molecular complexity index is 939. The van der Waals surface area contributed by atoms with E-state index in [4.69, 9.17) is 0 Å². The highest BCUT2D eigenvalue weighted by atomic mass is 32.1. The molecule has 1 aliphatic rings. The van der Waals surface area contributed by atoms with Gasteiger partial charge >= 0.3 is 6.09 Å². The first kappa shape index (κ1) is 20.1. The Morgan fingerprint density at radius 1 is 1.11 bits per heavy atom. The summed E-state index contributed by atoms with van der Waals surface area (Å²) in [5, 5.41) is 5.60. The van der Waals surface area contributed by atoms with Crippen LogP contribution in [-0.4, -0.2) is 25.0 Å². The number of methoxy groups -OCH3 is 1. The van der Waals surface area contributed by atoms with Gasteiger partial charge < -0.3 is 10.1 Å². The van der Waals surface area contributed by atoms with Crippen LogP contribution < -0.4 is 10.6 Å². The number of thiophene rings is 1. The van der Waals surface area contributed by atoms with Crippen molar-refractivity contribution in [2.24, 2.45) is 0 Å². The summed E-state index contributed by atoms with van der Waals surface area (Å²) in [7, 11) is 1.20. The van der Waals surface area contributed by atoms with Gasteiger partial charge in [-0.05, 0) is 62.3 Å². The normalized spacial score (nSPS) is 12.4. The van der Waals surface area contributed by atoms with Gasteiger partial charge in [-0.1, -0.05) is 17.7 Å². The Balaban J connectivity index is 1.84. The molecule has 0 saturated heterocycles. The van der Waals surface area contributed by atoms with Crippen LogP contribution in [0.5, 0.6) is 0 Å². The lowest BCUT2D eigenvalue weighted by atomic mass is 9.97. The summed E-state index contributed by atoms with van der Waals surface area (Å²) in [6.07, 6.45) is 2.03. The second-order valence-electron chi connectivity index (χ2n) is 7.11. The van der Waals surface area contributed by atoms with Gasteiger partial charge in [-0.15, -0.1) is 11.3 Å². The number of carbonyl (C=O) groups excluding carboxylic acids is 3. The number of fused-ring (bicyclic) bond motifs is 1. The molecule has 3 rings (SSSR count). The minimum atomic E-state index is -0.814. The number of anilines is 1. The number of benzene rings is 1. The summed E-state index contributed by atoms with van der Waals surface area (Å²) in [6, 6.07) is 4.12. The lowest BCUT2D eigenvalue weighted by molar-refractivity contribution is -0.115. The van der Waals surface area contributed by atoms with E-state index in [2.05, 4.69) is 27.5 Å². The van der Waals surface area contributed by atoms with Crippen molar-refractivity contribution in [3.63, 3.8) is 0 Å². The van der Waals surface area contributed by atoms with Crippen molar-refractivity contribution in [2.75, 3.05) is 12.4 Å². The Hall–Kier alpha value is -2.67. The first-order valence-electron chi connectivity index (χ1n) is 9.20. The molecular formula is C21H24N2O4S. The Morgan fingerprint density at radius 2 is 1.79 bits per heavy atom. The van der Waals surface area contributed by atoms with Gasteiger partial charge in [-0.25, -0.2) is 4.79 Å². The van der Waals surface area contributed by atoms with Gasteiger partial charge in [0.2, 0.25) is 5.91 Å². The Morgan fingerprint density at radius 3 is 2.43 bits per heavy atom. The van der Waals surface area contributed by atoms with Crippen LogP contribution in [0, 0.1) is 20.8 Å². The molecule has 1 heterocycles. The van der Waals surface area contributed by atoms with Crippen molar-refractivity contribution in [3.8, 4) is 0 Å². The number of alkyl carbamates (subject to hydrolysis) is 1. The molecule has 0 aliphatic heterocycles. The van der Waals surface area contributed by atoms with Gasteiger partial charge in [0, 0.05) is 4.88 Å². The van der Waals surface area contributed by atoms with E-state index >= 15 is 0 Å². The minimum Gasteiger partial charge on any atom is -0.453 e. The molecule has 28 heavy (non-hydrogen) atoms. The SMILES string of the molecule is COC(=O)NC(=O)c1c(NC(=O)Cc2c(C)cc(C)cc2C)sc2c1CCC2.